The first kappa shape index (κ1) is 24.5. The first-order chi connectivity index (χ1) is 16.9. The lowest BCUT2D eigenvalue weighted by Crippen LogP contribution is -2.39. The number of ether oxygens (including phenoxy) is 1. The third-order valence-electron chi connectivity index (χ3n) is 7.41. The van der Waals surface area contributed by atoms with Crippen molar-refractivity contribution in [2.75, 3.05) is 26.2 Å². The van der Waals surface area contributed by atoms with Gasteiger partial charge >= 0.3 is 0 Å². The van der Waals surface area contributed by atoms with Gasteiger partial charge in [-0.05, 0) is 49.7 Å². The minimum Gasteiger partial charge on any atom is -0.376 e. The first-order valence-electron chi connectivity index (χ1n) is 12.7. The second-order valence-corrected chi connectivity index (χ2v) is 11.5. The molecule has 1 aromatic carbocycles. The molecule has 3 aliphatic heterocycles. The molecular weight excluding hydrogens is 478 g/mol. The van der Waals surface area contributed by atoms with Gasteiger partial charge in [0.15, 0.2) is 0 Å². The summed E-state index contributed by atoms with van der Waals surface area (Å²) in [6.45, 7) is 7.65. The highest BCUT2D eigenvalue weighted by atomic mass is 32.2. The molecule has 0 aliphatic carbocycles. The van der Waals surface area contributed by atoms with Crippen LogP contribution in [0.25, 0.3) is 17.0 Å². The molecule has 1 atom stereocenters. The van der Waals surface area contributed by atoms with Crippen LogP contribution in [-0.2, 0) is 27.3 Å². The lowest BCUT2D eigenvalue weighted by Gasteiger charge is -2.30. The van der Waals surface area contributed by atoms with E-state index in [1.807, 2.05) is 17.2 Å². The molecule has 5 rings (SSSR count). The summed E-state index contributed by atoms with van der Waals surface area (Å²) in [5, 5.41) is 1.06. The van der Waals surface area contributed by atoms with Crippen molar-refractivity contribution in [2.45, 2.75) is 58.6 Å². The van der Waals surface area contributed by atoms with Gasteiger partial charge in [-0.2, -0.15) is 0 Å². The van der Waals surface area contributed by atoms with E-state index < -0.39 is 0 Å². The van der Waals surface area contributed by atoms with E-state index in [-0.39, 0.29) is 17.9 Å². The maximum absolute atomic E-state index is 13.2. The average Bonchev–Trinajstić information content (AvgIpc) is 3.56. The third-order valence-corrected chi connectivity index (χ3v) is 8.78. The molecule has 35 heavy (non-hydrogen) atoms. The average molecular weight is 512 g/mol. The Morgan fingerprint density at radius 1 is 1.26 bits per heavy atom. The molecule has 0 bridgehead atoms. The number of rotatable bonds is 6. The topological polar surface area (TPSA) is 54.8 Å². The minimum atomic E-state index is -0.0541. The van der Waals surface area contributed by atoms with Gasteiger partial charge in [-0.15, -0.1) is 0 Å². The van der Waals surface area contributed by atoms with E-state index in [9.17, 15) is 9.59 Å². The van der Waals surface area contributed by atoms with Gasteiger partial charge < -0.3 is 14.2 Å². The van der Waals surface area contributed by atoms with Gasteiger partial charge in [-0.3, -0.25) is 14.5 Å². The summed E-state index contributed by atoms with van der Waals surface area (Å²) >= 11 is 6.89. The number of thiocarbonyl (C=S) groups is 1. The number of aryl methyl sites for hydroxylation is 1. The number of carbonyl (C=O) groups is 2. The van der Waals surface area contributed by atoms with Crippen LogP contribution < -0.4 is 0 Å². The fourth-order valence-corrected chi connectivity index (χ4v) is 6.55. The molecule has 186 valence electrons. The Morgan fingerprint density at radius 3 is 2.77 bits per heavy atom. The Hall–Kier alpha value is -2.16. The lowest BCUT2D eigenvalue weighted by atomic mass is 9.99. The van der Waals surface area contributed by atoms with Gasteiger partial charge in [0.2, 0.25) is 5.91 Å². The molecule has 2 amide bonds. The number of benzene rings is 1. The number of thioether (sulfide) groups is 1. The van der Waals surface area contributed by atoms with Gasteiger partial charge in [-0.1, -0.05) is 56.0 Å². The van der Waals surface area contributed by atoms with Gasteiger partial charge in [0.1, 0.15) is 10.9 Å². The Bertz CT molecular complexity index is 1170. The van der Waals surface area contributed by atoms with Crippen molar-refractivity contribution in [3.05, 3.63) is 40.4 Å². The van der Waals surface area contributed by atoms with Gasteiger partial charge in [0.25, 0.3) is 5.91 Å². The molecule has 4 heterocycles. The fraction of sp³-hybridized carbons (Fsp3) is 0.519. The zero-order valence-corrected chi connectivity index (χ0v) is 22.1. The van der Waals surface area contributed by atoms with Crippen LogP contribution in [0.4, 0.5) is 0 Å². The van der Waals surface area contributed by atoms with Gasteiger partial charge in [0, 0.05) is 36.8 Å². The number of likely N-dealkylation sites (tertiary alicyclic amines) is 1. The highest BCUT2D eigenvalue weighted by Crippen LogP contribution is 2.36. The van der Waals surface area contributed by atoms with E-state index in [1.54, 1.807) is 4.90 Å². The maximum atomic E-state index is 13.2. The van der Waals surface area contributed by atoms with E-state index >= 15 is 0 Å². The monoisotopic (exact) mass is 511 g/mol. The predicted molar refractivity (Wildman–Crippen MR) is 145 cm³/mol. The molecule has 1 aromatic heterocycles. The number of hydrogen-bond acceptors (Lipinski definition) is 5. The number of fused-ring (bicyclic) bond motifs is 1. The second kappa shape index (κ2) is 10.4. The number of nitrogens with zero attached hydrogens (tertiary/aromatic N) is 3. The lowest BCUT2D eigenvalue weighted by molar-refractivity contribution is -0.133. The molecule has 3 fully saturated rings. The Balaban J connectivity index is 1.43. The van der Waals surface area contributed by atoms with E-state index in [2.05, 4.69) is 36.6 Å². The predicted octanol–water partition coefficient (Wildman–Crippen LogP) is 4.84. The Kier molecular flexibility index (Phi) is 7.32. The zero-order valence-electron chi connectivity index (χ0n) is 20.5. The van der Waals surface area contributed by atoms with Crippen LogP contribution in [0.3, 0.4) is 0 Å². The minimum absolute atomic E-state index is 0.0541. The van der Waals surface area contributed by atoms with Crippen LogP contribution in [0.1, 0.15) is 50.7 Å². The van der Waals surface area contributed by atoms with Crippen molar-refractivity contribution in [3.63, 3.8) is 0 Å². The van der Waals surface area contributed by atoms with Crippen LogP contribution in [0.15, 0.2) is 29.3 Å². The molecular formula is C27H33N3O3S2. The quantitative estimate of drug-likeness (QED) is 0.410. The molecule has 0 spiro atoms. The van der Waals surface area contributed by atoms with Crippen molar-refractivity contribution >= 4 is 57.1 Å². The van der Waals surface area contributed by atoms with E-state index in [1.165, 1.54) is 17.3 Å². The van der Waals surface area contributed by atoms with Crippen LogP contribution in [-0.4, -0.2) is 62.8 Å². The van der Waals surface area contributed by atoms with Crippen molar-refractivity contribution in [3.8, 4) is 0 Å². The number of hydrogen-bond donors (Lipinski definition) is 0. The third kappa shape index (κ3) is 5.06. The molecule has 0 N–H and O–H groups in total. The van der Waals surface area contributed by atoms with E-state index in [0.29, 0.717) is 28.2 Å². The highest BCUT2D eigenvalue weighted by molar-refractivity contribution is 8.26. The maximum Gasteiger partial charge on any atom is 0.266 e. The molecule has 0 unspecified atom stereocenters. The van der Waals surface area contributed by atoms with Crippen LogP contribution >= 0.6 is 24.0 Å². The zero-order chi connectivity index (χ0) is 24.5. The summed E-state index contributed by atoms with van der Waals surface area (Å²) in [5.41, 5.74) is 3.23. The largest absolute Gasteiger partial charge is 0.376 e. The van der Waals surface area contributed by atoms with Gasteiger partial charge in [0.05, 0.1) is 23.1 Å². The summed E-state index contributed by atoms with van der Waals surface area (Å²) in [6.07, 6.45) is 9.04. The molecule has 8 heteroatoms. The summed E-state index contributed by atoms with van der Waals surface area (Å²) in [4.78, 5) is 30.7. The number of aromatic nitrogens is 1. The Labute approximate surface area is 216 Å². The highest BCUT2D eigenvalue weighted by Gasteiger charge is 2.35. The van der Waals surface area contributed by atoms with Crippen LogP contribution in [0, 0.1) is 5.92 Å². The number of piperidine rings is 1. The van der Waals surface area contributed by atoms with Crippen molar-refractivity contribution in [1.29, 1.82) is 0 Å². The number of para-hydroxylation sites is 1. The first-order valence-corrected chi connectivity index (χ1v) is 13.9. The molecule has 2 aromatic rings. The smallest absolute Gasteiger partial charge is 0.266 e. The van der Waals surface area contributed by atoms with Crippen molar-refractivity contribution in [2.24, 2.45) is 5.92 Å². The number of carbonyl (C=O) groups excluding carboxylic acids is 2. The molecule has 0 radical (unpaired) electrons. The summed E-state index contributed by atoms with van der Waals surface area (Å²) in [6, 6.07) is 6.26. The summed E-state index contributed by atoms with van der Waals surface area (Å²) in [7, 11) is 0. The normalized spacial score (nSPS) is 22.8. The van der Waals surface area contributed by atoms with Crippen LogP contribution in [0.2, 0.25) is 0 Å². The molecule has 0 saturated carbocycles. The van der Waals surface area contributed by atoms with E-state index in [4.69, 9.17) is 17.0 Å². The second-order valence-electron chi connectivity index (χ2n) is 9.87. The SMILES string of the molecule is CCc1cccc2c(/C=C3\SC(=S)N(C[C@@H]4CCCO4)C3=O)cn(CC(=O)N3CCC(C)CC3)c12. The summed E-state index contributed by atoms with van der Waals surface area (Å²) < 4.78 is 8.39. The number of amides is 2. The van der Waals surface area contributed by atoms with Crippen LogP contribution in [0.5, 0.6) is 0 Å². The summed E-state index contributed by atoms with van der Waals surface area (Å²) in [5.74, 6) is 0.791. The molecule has 3 saturated heterocycles. The molecule has 6 nitrogen and oxygen atoms in total. The molecule has 3 aliphatic rings. The van der Waals surface area contributed by atoms with Crippen molar-refractivity contribution < 1.29 is 14.3 Å². The van der Waals surface area contributed by atoms with Crippen molar-refractivity contribution in [1.82, 2.24) is 14.4 Å². The van der Waals surface area contributed by atoms with Gasteiger partial charge in [-0.25, -0.2) is 0 Å². The standard InChI is InChI=1S/C27H33N3O3S2/c1-3-19-6-4-8-22-20(14-23-26(32)30(27(34)35-23)16-21-7-5-13-33-21)15-29(25(19)22)17-24(31)28-11-9-18(2)10-12-28/h4,6,8,14-15,18,21H,3,5,7,9-13,16-17H2,1-2H3/b23-14-/t21-/m0/s1. The fourth-order valence-electron chi connectivity index (χ4n) is 5.28. The van der Waals surface area contributed by atoms with E-state index in [0.717, 1.165) is 68.3 Å². The Morgan fingerprint density at radius 2 is 2.06 bits per heavy atom.